The first-order valence-corrected chi connectivity index (χ1v) is 10.7. The molecule has 0 spiro atoms. The van der Waals surface area contributed by atoms with Crippen molar-refractivity contribution >= 4 is 22.6 Å². The number of rotatable bonds is 8. The van der Waals surface area contributed by atoms with Crippen LogP contribution in [0.1, 0.15) is 25.6 Å². The third kappa shape index (κ3) is 3.75. The normalized spacial score (nSPS) is 18.5. The Morgan fingerprint density at radius 3 is 2.87 bits per heavy atom. The van der Waals surface area contributed by atoms with Crippen LogP contribution in [0.25, 0.3) is 27.9 Å². The molecule has 0 unspecified atom stereocenters. The Hall–Kier alpha value is -3.04. The lowest BCUT2D eigenvalue weighted by molar-refractivity contribution is 0.00283. The van der Waals surface area contributed by atoms with E-state index >= 15 is 0 Å². The Balaban J connectivity index is 1.41. The average Bonchev–Trinajstić information content (AvgIpc) is 3.30. The van der Waals surface area contributed by atoms with Gasteiger partial charge in [-0.3, -0.25) is 0 Å². The topological polar surface area (TPSA) is 91.4 Å². The maximum Gasteiger partial charge on any atom is 0.241 e. The Bertz CT molecular complexity index is 1210. The molecule has 1 N–H and O–H groups in total. The van der Waals surface area contributed by atoms with Crippen molar-refractivity contribution in [1.29, 1.82) is 0 Å². The highest BCUT2D eigenvalue weighted by Crippen LogP contribution is 2.28. The lowest BCUT2D eigenvalue weighted by Crippen LogP contribution is -2.41. The maximum absolute atomic E-state index is 5.62. The number of fused-ring (bicyclic) bond motifs is 2. The summed E-state index contributed by atoms with van der Waals surface area (Å²) in [5, 5.41) is 8.03. The number of hydrogen-bond donors (Lipinski definition) is 1. The molecule has 1 aliphatic carbocycles. The van der Waals surface area contributed by atoms with Gasteiger partial charge in [0.05, 0.1) is 30.1 Å². The Morgan fingerprint density at radius 2 is 2.06 bits per heavy atom. The minimum absolute atomic E-state index is 0.353. The van der Waals surface area contributed by atoms with Crippen LogP contribution in [0.4, 0.5) is 5.95 Å². The summed E-state index contributed by atoms with van der Waals surface area (Å²) in [5.74, 6) is 1.56. The predicted octanol–water partition coefficient (Wildman–Crippen LogP) is 3.08. The van der Waals surface area contributed by atoms with Gasteiger partial charge in [-0.2, -0.15) is 0 Å². The molecule has 0 amide bonds. The van der Waals surface area contributed by atoms with E-state index < -0.39 is 0 Å². The zero-order chi connectivity index (χ0) is 21.4. The van der Waals surface area contributed by atoms with Crippen molar-refractivity contribution in [3.63, 3.8) is 0 Å². The summed E-state index contributed by atoms with van der Waals surface area (Å²) in [7, 11) is 1.70. The van der Waals surface area contributed by atoms with Crippen LogP contribution in [0.3, 0.4) is 0 Å². The Labute approximate surface area is 180 Å². The summed E-state index contributed by atoms with van der Waals surface area (Å²) in [5.41, 5.74) is 4.52. The molecule has 4 aromatic heterocycles. The van der Waals surface area contributed by atoms with E-state index in [1.807, 2.05) is 49.0 Å². The molecule has 4 aromatic rings. The van der Waals surface area contributed by atoms with Crippen LogP contribution in [-0.4, -0.2) is 61.6 Å². The Kier molecular flexibility index (Phi) is 5.29. The number of imidazole rings is 1. The number of aryl methyl sites for hydroxylation is 1. The van der Waals surface area contributed by atoms with Crippen LogP contribution >= 0.6 is 0 Å². The van der Waals surface area contributed by atoms with Crippen LogP contribution in [0.5, 0.6) is 0 Å². The molecule has 5 rings (SSSR count). The number of aromatic nitrogens is 6. The van der Waals surface area contributed by atoms with Gasteiger partial charge >= 0.3 is 0 Å². The number of nitrogens with zero attached hydrogens (tertiary/aromatic N) is 6. The molecule has 0 aliphatic heterocycles. The van der Waals surface area contributed by atoms with Gasteiger partial charge in [0.1, 0.15) is 11.3 Å². The molecule has 9 heteroatoms. The molecule has 1 saturated carbocycles. The first-order valence-electron chi connectivity index (χ1n) is 10.7. The van der Waals surface area contributed by atoms with E-state index in [0.29, 0.717) is 24.7 Å². The van der Waals surface area contributed by atoms with Crippen molar-refractivity contribution in [1.82, 2.24) is 29.1 Å². The van der Waals surface area contributed by atoms with Crippen molar-refractivity contribution < 1.29 is 9.47 Å². The standard InChI is InChI=1S/C22H27N7O2/c1-4-31-16-11-15(12-16)25-22-23-13-20-17(7-8-29(20)27-22)18-5-6-19-21(26-18)28(9-10-30-3)14(2)24-19/h5-8,13,15-16H,4,9-12H2,1-3H3,(H,25,27). The molecule has 0 bridgehead atoms. The van der Waals surface area contributed by atoms with E-state index in [1.54, 1.807) is 7.11 Å². The van der Waals surface area contributed by atoms with Gasteiger partial charge in [0, 0.05) is 38.1 Å². The SMILES string of the molecule is CCOC1CC(Nc2ncc3c(-c4ccc5nc(C)n(CCOC)c5n4)ccn3n2)C1. The number of ether oxygens (including phenoxy) is 2. The molecule has 1 fully saturated rings. The fraction of sp³-hybridized carbons (Fsp3) is 0.455. The zero-order valence-corrected chi connectivity index (χ0v) is 18.1. The molecule has 0 radical (unpaired) electrons. The highest BCUT2D eigenvalue weighted by Gasteiger charge is 2.30. The van der Waals surface area contributed by atoms with Crippen molar-refractivity contribution in [3.05, 3.63) is 36.4 Å². The van der Waals surface area contributed by atoms with Crippen molar-refractivity contribution in [3.8, 4) is 11.3 Å². The third-order valence-electron chi connectivity index (χ3n) is 5.83. The summed E-state index contributed by atoms with van der Waals surface area (Å²) in [6.45, 7) is 6.12. The second-order valence-electron chi connectivity index (χ2n) is 7.87. The van der Waals surface area contributed by atoms with Gasteiger partial charge < -0.3 is 19.4 Å². The molecule has 0 saturated heterocycles. The third-order valence-corrected chi connectivity index (χ3v) is 5.83. The van der Waals surface area contributed by atoms with Crippen molar-refractivity contribution in [2.45, 2.75) is 45.4 Å². The van der Waals surface area contributed by atoms with E-state index in [4.69, 9.17) is 14.5 Å². The van der Waals surface area contributed by atoms with Gasteiger partial charge in [-0.05, 0) is 44.9 Å². The van der Waals surface area contributed by atoms with Crippen LogP contribution in [0.15, 0.2) is 30.6 Å². The molecule has 162 valence electrons. The van der Waals surface area contributed by atoms with E-state index in [1.165, 1.54) is 0 Å². The minimum Gasteiger partial charge on any atom is -0.383 e. The van der Waals surface area contributed by atoms with Crippen LogP contribution in [0.2, 0.25) is 0 Å². The van der Waals surface area contributed by atoms with Gasteiger partial charge in [0.15, 0.2) is 5.65 Å². The largest absolute Gasteiger partial charge is 0.383 e. The van der Waals surface area contributed by atoms with Gasteiger partial charge in [-0.1, -0.05) is 0 Å². The van der Waals surface area contributed by atoms with E-state index in [-0.39, 0.29) is 0 Å². The smallest absolute Gasteiger partial charge is 0.241 e. The quantitative estimate of drug-likeness (QED) is 0.467. The molecule has 0 atom stereocenters. The average molecular weight is 422 g/mol. The molecule has 1 aliphatic rings. The number of anilines is 1. The molecule has 9 nitrogen and oxygen atoms in total. The molecular weight excluding hydrogens is 394 g/mol. The summed E-state index contributed by atoms with van der Waals surface area (Å²) in [4.78, 5) is 14.1. The summed E-state index contributed by atoms with van der Waals surface area (Å²) < 4.78 is 14.8. The fourth-order valence-corrected chi connectivity index (χ4v) is 4.14. The molecule has 4 heterocycles. The van der Waals surface area contributed by atoms with E-state index in [0.717, 1.165) is 59.8 Å². The zero-order valence-electron chi connectivity index (χ0n) is 18.1. The lowest BCUT2D eigenvalue weighted by atomic mass is 9.89. The van der Waals surface area contributed by atoms with E-state index in [2.05, 4.69) is 25.0 Å². The molecular formula is C22H27N7O2. The minimum atomic E-state index is 0.353. The molecule has 0 aromatic carbocycles. The first kappa shape index (κ1) is 19.9. The van der Waals surface area contributed by atoms with Gasteiger partial charge in [0.25, 0.3) is 0 Å². The second-order valence-corrected chi connectivity index (χ2v) is 7.87. The predicted molar refractivity (Wildman–Crippen MR) is 118 cm³/mol. The van der Waals surface area contributed by atoms with Gasteiger partial charge in [-0.25, -0.2) is 19.5 Å². The van der Waals surface area contributed by atoms with Crippen LogP contribution < -0.4 is 5.32 Å². The van der Waals surface area contributed by atoms with Gasteiger partial charge in [0.2, 0.25) is 5.95 Å². The highest BCUT2D eigenvalue weighted by atomic mass is 16.5. The Morgan fingerprint density at radius 1 is 1.19 bits per heavy atom. The monoisotopic (exact) mass is 421 g/mol. The van der Waals surface area contributed by atoms with Crippen molar-refractivity contribution in [2.75, 3.05) is 25.6 Å². The number of hydrogen-bond acceptors (Lipinski definition) is 7. The summed E-state index contributed by atoms with van der Waals surface area (Å²) in [6.07, 6.45) is 6.13. The summed E-state index contributed by atoms with van der Waals surface area (Å²) >= 11 is 0. The highest BCUT2D eigenvalue weighted by molar-refractivity contribution is 5.82. The van der Waals surface area contributed by atoms with Crippen molar-refractivity contribution in [2.24, 2.45) is 0 Å². The van der Waals surface area contributed by atoms with Crippen LogP contribution in [-0.2, 0) is 16.0 Å². The second kappa shape index (κ2) is 8.24. The number of methoxy groups -OCH3 is 1. The van der Waals surface area contributed by atoms with Gasteiger partial charge in [-0.15, -0.1) is 5.10 Å². The van der Waals surface area contributed by atoms with E-state index in [9.17, 15) is 0 Å². The first-order chi connectivity index (χ1) is 15.2. The van der Waals surface area contributed by atoms with Crippen LogP contribution in [0, 0.1) is 6.92 Å². The number of nitrogens with one attached hydrogen (secondary N) is 1. The maximum atomic E-state index is 5.62. The fourth-order valence-electron chi connectivity index (χ4n) is 4.14. The lowest BCUT2D eigenvalue weighted by Gasteiger charge is -2.35. The number of pyridine rings is 1. The summed E-state index contributed by atoms with van der Waals surface area (Å²) in [6, 6.07) is 6.40. The molecule has 31 heavy (non-hydrogen) atoms.